The van der Waals surface area contributed by atoms with Gasteiger partial charge in [-0.3, -0.25) is 4.79 Å². The molecule has 1 N–H and O–H groups in total. The molecule has 1 amide bonds. The first-order chi connectivity index (χ1) is 15.7. The van der Waals surface area contributed by atoms with Crippen molar-refractivity contribution in [2.75, 3.05) is 6.61 Å². The van der Waals surface area contributed by atoms with Gasteiger partial charge in [0.2, 0.25) is 0 Å². The molecule has 0 saturated carbocycles. The molecule has 4 rings (SSSR count). The molecule has 0 radical (unpaired) electrons. The Morgan fingerprint density at radius 2 is 1.91 bits per heavy atom. The highest BCUT2D eigenvalue weighted by molar-refractivity contribution is 8.04. The average molecular weight is 504 g/mol. The first-order valence-electron chi connectivity index (χ1n) is 10.8. The number of carbonyl (C=O) groups is 2. The number of benzene rings is 2. The van der Waals surface area contributed by atoms with Crippen LogP contribution in [0.5, 0.6) is 0 Å². The van der Waals surface area contributed by atoms with Crippen molar-refractivity contribution in [3.05, 3.63) is 80.3 Å². The number of ether oxygens (including phenoxy) is 1. The van der Waals surface area contributed by atoms with Crippen LogP contribution >= 0.6 is 35.0 Å². The van der Waals surface area contributed by atoms with E-state index in [1.165, 1.54) is 17.8 Å². The van der Waals surface area contributed by atoms with E-state index in [4.69, 9.17) is 27.9 Å². The van der Waals surface area contributed by atoms with Crippen LogP contribution in [0.4, 0.5) is 0 Å². The first-order valence-corrected chi connectivity index (χ1v) is 12.4. The maximum atomic E-state index is 13.8. The summed E-state index contributed by atoms with van der Waals surface area (Å²) in [6.45, 7) is 4.36. The van der Waals surface area contributed by atoms with Crippen molar-refractivity contribution in [2.45, 2.75) is 43.4 Å². The van der Waals surface area contributed by atoms with Gasteiger partial charge in [0.05, 0.1) is 23.2 Å². The number of hydrogen-bond acceptors (Lipinski definition) is 4. The largest absolute Gasteiger partial charge is 0.477 e. The topological polar surface area (TPSA) is 66.8 Å². The Bertz CT molecular complexity index is 1100. The van der Waals surface area contributed by atoms with Gasteiger partial charge in [-0.1, -0.05) is 59.9 Å². The van der Waals surface area contributed by atoms with Crippen molar-refractivity contribution in [1.82, 2.24) is 4.90 Å². The molecule has 2 unspecified atom stereocenters. The Kier molecular flexibility index (Phi) is 7.15. The molecule has 2 aliphatic rings. The van der Waals surface area contributed by atoms with Crippen LogP contribution in [-0.2, 0) is 9.53 Å². The number of thioether (sulfide) groups is 1. The third-order valence-electron chi connectivity index (χ3n) is 6.05. The second-order valence-corrected chi connectivity index (χ2v) is 10.9. The monoisotopic (exact) mass is 503 g/mol. The summed E-state index contributed by atoms with van der Waals surface area (Å²) in [5, 5.41) is 10.6. The lowest BCUT2D eigenvalue weighted by atomic mass is 9.56. The van der Waals surface area contributed by atoms with Gasteiger partial charge < -0.3 is 14.7 Å². The summed E-state index contributed by atoms with van der Waals surface area (Å²) in [5.41, 5.74) is 1.53. The second-order valence-electron chi connectivity index (χ2n) is 8.86. The van der Waals surface area contributed by atoms with Gasteiger partial charge in [-0.15, -0.1) is 11.8 Å². The van der Waals surface area contributed by atoms with E-state index in [-0.39, 0.29) is 38.2 Å². The smallest absolute Gasteiger partial charge is 0.343 e. The van der Waals surface area contributed by atoms with Crippen molar-refractivity contribution in [2.24, 2.45) is 0 Å². The van der Waals surface area contributed by atoms with Crippen LogP contribution in [0, 0.1) is 0 Å². The van der Waals surface area contributed by atoms with E-state index in [1.54, 1.807) is 17.0 Å². The van der Waals surface area contributed by atoms with Crippen molar-refractivity contribution >= 4 is 54.1 Å². The van der Waals surface area contributed by atoms with Crippen LogP contribution < -0.4 is 0 Å². The number of halogens is 2. The summed E-state index contributed by atoms with van der Waals surface area (Å²) in [6, 6.07) is 14.2. The minimum Gasteiger partial charge on any atom is -0.477 e. The van der Waals surface area contributed by atoms with E-state index in [0.717, 1.165) is 12.8 Å². The van der Waals surface area contributed by atoms with Gasteiger partial charge in [-0.05, 0) is 37.6 Å². The quantitative estimate of drug-likeness (QED) is 0.538. The first kappa shape index (κ1) is 24.2. The van der Waals surface area contributed by atoms with Crippen LogP contribution in [-0.4, -0.2) is 47.3 Å². The minimum atomic E-state index is -1.04. The Hall–Kier alpha value is -1.93. The van der Waals surface area contributed by atoms with Crippen LogP contribution in [0.1, 0.15) is 41.4 Å². The molecule has 1 fully saturated rings. The van der Waals surface area contributed by atoms with Crippen LogP contribution in [0.3, 0.4) is 0 Å². The molecule has 172 valence electrons. The molecule has 5 nitrogen and oxygen atoms in total. The number of amides is 1. The normalized spacial score (nSPS) is 22.1. The van der Waals surface area contributed by atoms with E-state index < -0.39 is 5.97 Å². The lowest BCUT2D eigenvalue weighted by molar-refractivity contribution is -0.131. The molecule has 9 heteroatoms. The number of nitrogens with zero attached hydrogens (tertiary/aromatic N) is 1. The zero-order valence-corrected chi connectivity index (χ0v) is 20.7. The number of aliphatic carboxylic acids is 1. The molecule has 0 aliphatic carbocycles. The van der Waals surface area contributed by atoms with E-state index in [9.17, 15) is 14.7 Å². The minimum absolute atomic E-state index is 0.0933. The van der Waals surface area contributed by atoms with Gasteiger partial charge in [0.1, 0.15) is 4.91 Å². The Morgan fingerprint density at radius 3 is 2.52 bits per heavy atom. The predicted octanol–water partition coefficient (Wildman–Crippen LogP) is 5.60. The third-order valence-corrected chi connectivity index (χ3v) is 7.97. The number of rotatable bonds is 5. The Morgan fingerprint density at radius 1 is 1.18 bits per heavy atom. The third kappa shape index (κ3) is 5.27. The number of carbonyl (C=O) groups excluding carboxylic acids is 1. The van der Waals surface area contributed by atoms with Gasteiger partial charge in [0.15, 0.2) is 7.28 Å². The molecule has 2 aliphatic heterocycles. The molecule has 1 saturated heterocycles. The molecule has 0 aromatic heterocycles. The van der Waals surface area contributed by atoms with Crippen molar-refractivity contribution in [3.8, 4) is 0 Å². The fraction of sp³-hybridized carbons (Fsp3) is 0.333. The van der Waals surface area contributed by atoms with Crippen molar-refractivity contribution < 1.29 is 19.4 Å². The van der Waals surface area contributed by atoms with Gasteiger partial charge in [-0.25, -0.2) is 4.79 Å². The molecule has 0 bridgehead atoms. The number of hydrogen-bond donors (Lipinski definition) is 1. The van der Waals surface area contributed by atoms with Gasteiger partial charge in [0, 0.05) is 27.9 Å². The van der Waals surface area contributed by atoms with Gasteiger partial charge in [-0.2, -0.15) is 0 Å². The number of allylic oxidation sites excluding steroid dienone is 1. The van der Waals surface area contributed by atoms with E-state index in [0.29, 0.717) is 30.1 Å². The summed E-state index contributed by atoms with van der Waals surface area (Å²) in [4.78, 5) is 27.9. The standard InChI is InChI=1S/C24H24BCl2NO4S/c1-24(2)25-12-16(13-32-24)28(22(29)17-9-8-15(26)10-18(17)27)19-11-20(33-21(19)23(30)31)14-6-4-3-5-7-14/h3-10,16,20,25H,11-13H2,1-2H3,(H,30,31). The maximum Gasteiger partial charge on any atom is 0.343 e. The number of carboxylic acids is 1. The second kappa shape index (κ2) is 9.75. The highest BCUT2D eigenvalue weighted by atomic mass is 35.5. The molecule has 2 aromatic carbocycles. The SMILES string of the molecule is CC1(C)BCC(N(C(=O)c2ccc(Cl)cc2Cl)C2=C(C(=O)O)SC(c3ccccc3)C2)CO1. The molecular weight excluding hydrogens is 480 g/mol. The van der Waals surface area contributed by atoms with Crippen molar-refractivity contribution in [3.63, 3.8) is 0 Å². The predicted molar refractivity (Wildman–Crippen MR) is 134 cm³/mol. The summed E-state index contributed by atoms with van der Waals surface area (Å²) in [6.07, 6.45) is 1.12. The fourth-order valence-electron chi connectivity index (χ4n) is 4.25. The lowest BCUT2D eigenvalue weighted by Gasteiger charge is -2.40. The maximum absolute atomic E-state index is 13.8. The summed E-state index contributed by atoms with van der Waals surface area (Å²) >= 11 is 13.7. The van der Waals surface area contributed by atoms with Gasteiger partial charge in [0.25, 0.3) is 5.91 Å². The average Bonchev–Trinajstić information content (AvgIpc) is 3.21. The number of carboxylic acid groups (broad SMARTS) is 1. The highest BCUT2D eigenvalue weighted by Crippen LogP contribution is 2.49. The molecule has 33 heavy (non-hydrogen) atoms. The van der Waals surface area contributed by atoms with E-state index in [1.807, 2.05) is 44.2 Å². The van der Waals surface area contributed by atoms with E-state index in [2.05, 4.69) is 0 Å². The molecule has 2 heterocycles. The summed E-state index contributed by atoms with van der Waals surface area (Å²) in [5.74, 6) is -1.38. The molecule has 2 aromatic rings. The van der Waals surface area contributed by atoms with E-state index >= 15 is 0 Å². The molecule has 2 atom stereocenters. The van der Waals surface area contributed by atoms with Crippen LogP contribution in [0.15, 0.2) is 59.1 Å². The fourth-order valence-corrected chi connectivity index (χ4v) is 5.98. The summed E-state index contributed by atoms with van der Waals surface area (Å²) in [7, 11) is 0.751. The van der Waals surface area contributed by atoms with Gasteiger partial charge >= 0.3 is 5.97 Å². The summed E-state index contributed by atoms with van der Waals surface area (Å²) < 4.78 is 6.04. The van der Waals surface area contributed by atoms with Crippen LogP contribution in [0.2, 0.25) is 16.4 Å². The molecular formula is C24H24BCl2NO4S. The lowest BCUT2D eigenvalue weighted by Crippen LogP contribution is -2.51. The highest BCUT2D eigenvalue weighted by Gasteiger charge is 2.41. The zero-order valence-electron chi connectivity index (χ0n) is 18.4. The molecule has 0 spiro atoms. The van der Waals surface area contributed by atoms with Crippen molar-refractivity contribution in [1.29, 1.82) is 0 Å². The Balaban J connectivity index is 1.75. The zero-order chi connectivity index (χ0) is 23.8. The van der Waals surface area contributed by atoms with Crippen LogP contribution in [0.25, 0.3) is 0 Å². The Labute approximate surface area is 208 Å².